The standard InChI is InChI=1S/C33H46N10O8/c1-19(40-32(47)21(34)8-5-9-22(35)33(48)51-2)31(46)42-25(30(36)45)13-14-27(44)38-17-15-37-16-18-39-29-20-7-3-4-10-23(20)41-24-11-6-12-26(28(24)29)43(49)50/h3-4,6-7,10-12,19,21-22,25,37H,5,8-9,13-18,34-35H2,1-2H3,(H2,36,45)(H,38,44)(H,39,41)(H,40,47)(H,42,46). The number of aromatic nitrogens is 1. The van der Waals surface area contributed by atoms with Gasteiger partial charge in [-0.3, -0.25) is 34.1 Å². The predicted molar refractivity (Wildman–Crippen MR) is 190 cm³/mol. The summed E-state index contributed by atoms with van der Waals surface area (Å²) in [6, 6.07) is 8.17. The summed E-state index contributed by atoms with van der Waals surface area (Å²) in [5.41, 5.74) is 18.8. The van der Waals surface area contributed by atoms with E-state index in [0.29, 0.717) is 48.2 Å². The van der Waals surface area contributed by atoms with Gasteiger partial charge in [0.2, 0.25) is 23.6 Å². The maximum Gasteiger partial charge on any atom is 0.322 e. The molecule has 1 heterocycles. The van der Waals surface area contributed by atoms with Crippen LogP contribution < -0.4 is 43.8 Å². The molecule has 0 spiro atoms. The van der Waals surface area contributed by atoms with E-state index in [9.17, 15) is 34.1 Å². The number of hydrogen-bond donors (Lipinski definition) is 8. The highest BCUT2D eigenvalue weighted by Gasteiger charge is 2.25. The number of ether oxygens (including phenoxy) is 1. The molecule has 0 fully saturated rings. The molecular formula is C33H46N10O8. The number of non-ortho nitro benzene ring substituents is 1. The first-order valence-corrected chi connectivity index (χ1v) is 16.5. The number of nitrogens with zero attached hydrogens (tertiary/aromatic N) is 2. The fourth-order valence-corrected chi connectivity index (χ4v) is 5.24. The van der Waals surface area contributed by atoms with Crippen LogP contribution in [0.3, 0.4) is 0 Å². The quantitative estimate of drug-likeness (QED) is 0.0231. The predicted octanol–water partition coefficient (Wildman–Crippen LogP) is -0.333. The number of esters is 1. The molecule has 18 heteroatoms. The number of rotatable bonds is 21. The van der Waals surface area contributed by atoms with Crippen molar-refractivity contribution in [2.75, 3.05) is 38.6 Å². The van der Waals surface area contributed by atoms with Crippen LogP contribution in [-0.2, 0) is 28.7 Å². The number of amides is 4. The Morgan fingerprint density at radius 1 is 0.882 bits per heavy atom. The molecule has 0 aliphatic heterocycles. The number of benzene rings is 2. The number of hydrogen-bond acceptors (Lipinski definition) is 13. The summed E-state index contributed by atoms with van der Waals surface area (Å²) in [5.74, 6) is -3.07. The lowest BCUT2D eigenvalue weighted by Crippen LogP contribution is -2.54. The van der Waals surface area contributed by atoms with Crippen molar-refractivity contribution in [3.8, 4) is 0 Å². The summed E-state index contributed by atoms with van der Waals surface area (Å²) in [7, 11) is 1.22. The van der Waals surface area contributed by atoms with E-state index >= 15 is 0 Å². The molecule has 4 unspecified atom stereocenters. The first-order chi connectivity index (χ1) is 24.3. The summed E-state index contributed by atoms with van der Waals surface area (Å²) >= 11 is 0. The van der Waals surface area contributed by atoms with Gasteiger partial charge in [-0.05, 0) is 44.7 Å². The molecule has 0 saturated carbocycles. The van der Waals surface area contributed by atoms with Crippen LogP contribution in [0.2, 0.25) is 0 Å². The van der Waals surface area contributed by atoms with Gasteiger partial charge in [-0.25, -0.2) is 4.98 Å². The molecular weight excluding hydrogens is 664 g/mol. The molecule has 0 bridgehead atoms. The van der Waals surface area contributed by atoms with Crippen LogP contribution in [0.5, 0.6) is 0 Å². The summed E-state index contributed by atoms with van der Waals surface area (Å²) in [6.45, 7) is 3.01. The Morgan fingerprint density at radius 2 is 1.57 bits per heavy atom. The van der Waals surface area contributed by atoms with Gasteiger partial charge < -0.3 is 48.5 Å². The van der Waals surface area contributed by atoms with Crippen molar-refractivity contribution in [2.24, 2.45) is 17.2 Å². The topological polar surface area (TPSA) is 289 Å². The second kappa shape index (κ2) is 19.7. The number of carbonyl (C=O) groups is 5. The molecule has 0 aliphatic carbocycles. The third-order valence-electron chi connectivity index (χ3n) is 8.05. The lowest BCUT2D eigenvalue weighted by Gasteiger charge is -2.21. The molecule has 11 N–H and O–H groups in total. The monoisotopic (exact) mass is 710 g/mol. The summed E-state index contributed by atoms with van der Waals surface area (Å²) in [6.07, 6.45) is 0.689. The fraction of sp³-hybridized carbons (Fsp3) is 0.455. The zero-order valence-corrected chi connectivity index (χ0v) is 28.6. The van der Waals surface area contributed by atoms with Crippen LogP contribution in [0.25, 0.3) is 21.8 Å². The zero-order valence-electron chi connectivity index (χ0n) is 28.6. The van der Waals surface area contributed by atoms with Crippen LogP contribution in [0.15, 0.2) is 42.5 Å². The van der Waals surface area contributed by atoms with Crippen LogP contribution in [0, 0.1) is 10.1 Å². The van der Waals surface area contributed by atoms with Gasteiger partial charge in [0.25, 0.3) is 5.69 Å². The number of nitrogens with two attached hydrogens (primary N) is 3. The Labute approximate surface area is 294 Å². The van der Waals surface area contributed by atoms with E-state index in [1.165, 1.54) is 20.1 Å². The Balaban J connectivity index is 1.38. The van der Waals surface area contributed by atoms with E-state index in [2.05, 4.69) is 36.3 Å². The molecule has 4 amide bonds. The van der Waals surface area contributed by atoms with Crippen molar-refractivity contribution in [3.63, 3.8) is 0 Å². The molecule has 1 aromatic heterocycles. The molecule has 4 atom stereocenters. The lowest BCUT2D eigenvalue weighted by molar-refractivity contribution is -0.383. The Bertz CT molecular complexity index is 1720. The van der Waals surface area contributed by atoms with Gasteiger partial charge in [-0.1, -0.05) is 24.3 Å². The third kappa shape index (κ3) is 11.8. The highest BCUT2D eigenvalue weighted by Crippen LogP contribution is 2.36. The summed E-state index contributed by atoms with van der Waals surface area (Å²) < 4.78 is 4.55. The SMILES string of the molecule is COC(=O)C(N)CCCC(N)C(=O)NC(C)C(=O)NC(CCC(=O)NCCNCCNc1c2ccccc2nc2cccc([N+](=O)[O-])c12)C(N)=O. The van der Waals surface area contributed by atoms with E-state index in [-0.39, 0.29) is 43.8 Å². The van der Waals surface area contributed by atoms with Gasteiger partial charge in [0.05, 0.1) is 34.8 Å². The highest BCUT2D eigenvalue weighted by molar-refractivity contribution is 6.11. The van der Waals surface area contributed by atoms with Crippen LogP contribution in [0.4, 0.5) is 11.4 Å². The number of methoxy groups -OCH3 is 1. The Morgan fingerprint density at radius 3 is 2.27 bits per heavy atom. The van der Waals surface area contributed by atoms with Crippen molar-refractivity contribution in [3.05, 3.63) is 52.6 Å². The van der Waals surface area contributed by atoms with Crippen molar-refractivity contribution in [1.29, 1.82) is 0 Å². The average Bonchev–Trinajstić information content (AvgIpc) is 3.11. The number of pyridine rings is 1. The molecule has 3 rings (SSSR count). The smallest absolute Gasteiger partial charge is 0.322 e. The van der Waals surface area contributed by atoms with Crippen LogP contribution in [0.1, 0.15) is 39.0 Å². The summed E-state index contributed by atoms with van der Waals surface area (Å²) in [5, 5.41) is 27.1. The van der Waals surface area contributed by atoms with Gasteiger partial charge >= 0.3 is 5.97 Å². The van der Waals surface area contributed by atoms with E-state index in [1.54, 1.807) is 12.1 Å². The number of para-hydroxylation sites is 1. The van der Waals surface area contributed by atoms with E-state index in [0.717, 1.165) is 5.39 Å². The minimum absolute atomic E-state index is 0.0452. The van der Waals surface area contributed by atoms with Gasteiger partial charge in [0.15, 0.2) is 0 Å². The lowest BCUT2D eigenvalue weighted by atomic mass is 10.1. The first kappa shape index (κ1) is 40.0. The van der Waals surface area contributed by atoms with E-state index in [4.69, 9.17) is 17.2 Å². The third-order valence-corrected chi connectivity index (χ3v) is 8.05. The first-order valence-electron chi connectivity index (χ1n) is 16.5. The minimum Gasteiger partial charge on any atom is -0.468 e. The second-order valence-corrected chi connectivity index (χ2v) is 11.9. The fourth-order valence-electron chi connectivity index (χ4n) is 5.24. The number of carbonyl (C=O) groups excluding carboxylic acids is 5. The number of fused-ring (bicyclic) bond motifs is 2. The normalized spacial score (nSPS) is 13.4. The summed E-state index contributed by atoms with van der Waals surface area (Å²) in [4.78, 5) is 76.7. The molecule has 0 aliphatic rings. The van der Waals surface area contributed by atoms with Crippen molar-refractivity contribution in [1.82, 2.24) is 26.3 Å². The second-order valence-electron chi connectivity index (χ2n) is 11.9. The van der Waals surface area contributed by atoms with Crippen LogP contribution >= 0.6 is 0 Å². The van der Waals surface area contributed by atoms with E-state index < -0.39 is 52.8 Å². The number of nitrogens with one attached hydrogen (secondary N) is 5. The molecule has 3 aromatic rings. The molecule has 0 radical (unpaired) electrons. The van der Waals surface area contributed by atoms with Gasteiger partial charge in [0.1, 0.15) is 23.5 Å². The minimum atomic E-state index is -1.16. The number of primary amides is 1. The van der Waals surface area contributed by atoms with Gasteiger partial charge in [-0.15, -0.1) is 0 Å². The number of nitro benzene ring substituents is 1. The Kier molecular flexibility index (Phi) is 15.4. The molecule has 18 nitrogen and oxygen atoms in total. The molecule has 51 heavy (non-hydrogen) atoms. The van der Waals surface area contributed by atoms with Gasteiger partial charge in [-0.2, -0.15) is 0 Å². The maximum absolute atomic E-state index is 12.6. The average molecular weight is 711 g/mol. The van der Waals surface area contributed by atoms with E-state index in [1.807, 2.05) is 24.3 Å². The number of nitro groups is 1. The van der Waals surface area contributed by atoms with Crippen molar-refractivity contribution < 1.29 is 33.6 Å². The Hall–Kier alpha value is -5.46. The molecule has 276 valence electrons. The molecule has 2 aromatic carbocycles. The van der Waals surface area contributed by atoms with Gasteiger partial charge in [0, 0.05) is 44.1 Å². The van der Waals surface area contributed by atoms with Crippen molar-refractivity contribution >= 4 is 62.8 Å². The van der Waals surface area contributed by atoms with Crippen LogP contribution in [-0.4, -0.2) is 97.0 Å². The zero-order chi connectivity index (χ0) is 37.5. The number of anilines is 1. The molecule has 0 saturated heterocycles. The maximum atomic E-state index is 12.6. The van der Waals surface area contributed by atoms with Crippen molar-refractivity contribution in [2.45, 2.75) is 63.2 Å². The largest absolute Gasteiger partial charge is 0.468 e. The highest BCUT2D eigenvalue weighted by atomic mass is 16.6.